The van der Waals surface area contributed by atoms with Gasteiger partial charge in [0.05, 0.1) is 6.04 Å². The van der Waals surface area contributed by atoms with Crippen molar-refractivity contribution in [1.29, 1.82) is 0 Å². The summed E-state index contributed by atoms with van der Waals surface area (Å²) in [4.78, 5) is 18.3. The molecule has 23 heavy (non-hydrogen) atoms. The van der Waals surface area contributed by atoms with E-state index >= 15 is 0 Å². The van der Waals surface area contributed by atoms with Gasteiger partial charge in [-0.25, -0.2) is 4.79 Å². The molecule has 120 valence electrons. The molecule has 0 bridgehead atoms. The van der Waals surface area contributed by atoms with Gasteiger partial charge >= 0.3 is 6.03 Å². The van der Waals surface area contributed by atoms with Crippen molar-refractivity contribution in [2.24, 2.45) is 5.92 Å². The lowest BCUT2D eigenvalue weighted by atomic mass is 9.77. The number of pyridine rings is 1. The van der Waals surface area contributed by atoms with E-state index in [1.54, 1.807) is 17.3 Å². The van der Waals surface area contributed by atoms with E-state index in [-0.39, 0.29) is 12.1 Å². The van der Waals surface area contributed by atoms with Crippen LogP contribution >= 0.6 is 0 Å². The molecule has 1 saturated carbocycles. The molecule has 4 heteroatoms. The van der Waals surface area contributed by atoms with Crippen molar-refractivity contribution in [3.63, 3.8) is 0 Å². The molecule has 0 radical (unpaired) electrons. The second-order valence-corrected chi connectivity index (χ2v) is 6.24. The number of urea groups is 1. The Bertz CT molecular complexity index is 626. The minimum atomic E-state index is -0.0254. The normalized spacial score (nSPS) is 15.5. The molecule has 1 aliphatic carbocycles. The molecule has 1 heterocycles. The van der Waals surface area contributed by atoms with Crippen LogP contribution in [0.15, 0.2) is 54.9 Å². The van der Waals surface area contributed by atoms with E-state index in [4.69, 9.17) is 0 Å². The Morgan fingerprint density at radius 1 is 1.22 bits per heavy atom. The molecule has 1 N–H and O–H groups in total. The average molecular weight is 309 g/mol. The van der Waals surface area contributed by atoms with E-state index in [2.05, 4.69) is 22.4 Å². The highest BCUT2D eigenvalue weighted by Crippen LogP contribution is 2.37. The number of rotatable bonds is 5. The summed E-state index contributed by atoms with van der Waals surface area (Å²) in [7, 11) is 1.83. The first-order valence-corrected chi connectivity index (χ1v) is 8.19. The Morgan fingerprint density at radius 2 is 1.91 bits per heavy atom. The number of hydrogen-bond donors (Lipinski definition) is 1. The van der Waals surface area contributed by atoms with Gasteiger partial charge in [-0.15, -0.1) is 0 Å². The highest BCUT2D eigenvalue weighted by molar-refractivity contribution is 5.74. The highest BCUT2D eigenvalue weighted by atomic mass is 16.2. The van der Waals surface area contributed by atoms with Gasteiger partial charge in [0.1, 0.15) is 0 Å². The van der Waals surface area contributed by atoms with Crippen molar-refractivity contribution < 1.29 is 4.79 Å². The van der Waals surface area contributed by atoms with E-state index in [9.17, 15) is 4.79 Å². The van der Waals surface area contributed by atoms with Crippen molar-refractivity contribution in [3.05, 3.63) is 66.0 Å². The third-order valence-electron chi connectivity index (χ3n) is 4.57. The van der Waals surface area contributed by atoms with Gasteiger partial charge in [-0.2, -0.15) is 0 Å². The number of amides is 2. The maximum atomic E-state index is 12.6. The maximum Gasteiger partial charge on any atom is 0.317 e. The van der Waals surface area contributed by atoms with Gasteiger partial charge in [-0.1, -0.05) is 36.8 Å². The Hall–Kier alpha value is -2.36. The number of nitrogens with one attached hydrogen (secondary N) is 1. The van der Waals surface area contributed by atoms with E-state index in [0.717, 1.165) is 5.56 Å². The second kappa shape index (κ2) is 7.27. The van der Waals surface area contributed by atoms with Crippen molar-refractivity contribution in [2.45, 2.75) is 31.8 Å². The molecule has 1 atom stereocenters. The Balaban J connectivity index is 1.66. The molecule has 1 fully saturated rings. The van der Waals surface area contributed by atoms with Crippen LogP contribution in [0.2, 0.25) is 0 Å². The van der Waals surface area contributed by atoms with E-state index < -0.39 is 0 Å². The first kappa shape index (κ1) is 15.5. The van der Waals surface area contributed by atoms with Gasteiger partial charge < -0.3 is 10.2 Å². The lowest BCUT2D eigenvalue weighted by Crippen LogP contribution is -2.42. The fourth-order valence-corrected chi connectivity index (χ4v) is 2.98. The van der Waals surface area contributed by atoms with Gasteiger partial charge in [-0.05, 0) is 42.0 Å². The van der Waals surface area contributed by atoms with Crippen LogP contribution in [0.4, 0.5) is 4.79 Å². The van der Waals surface area contributed by atoms with Crippen molar-refractivity contribution in [2.75, 3.05) is 7.05 Å². The first-order valence-electron chi connectivity index (χ1n) is 8.19. The smallest absolute Gasteiger partial charge is 0.317 e. The minimum Gasteiger partial charge on any atom is -0.331 e. The van der Waals surface area contributed by atoms with E-state index in [1.165, 1.54) is 24.8 Å². The van der Waals surface area contributed by atoms with Gasteiger partial charge in [-0.3, -0.25) is 4.98 Å². The standard InChI is InChI=1S/C19H23N3O/c1-22(14-15-10-12-20-13-11-15)19(23)21-18(17-8-5-9-17)16-6-3-2-4-7-16/h2-4,6-7,10-13,17-18H,5,8-9,14H2,1H3,(H,21,23). The molecule has 0 saturated heterocycles. The molecule has 1 aliphatic rings. The summed E-state index contributed by atoms with van der Waals surface area (Å²) in [5.74, 6) is 0.552. The zero-order chi connectivity index (χ0) is 16.1. The van der Waals surface area contributed by atoms with Crippen LogP contribution in [0.1, 0.15) is 36.4 Å². The van der Waals surface area contributed by atoms with Crippen LogP contribution in [-0.4, -0.2) is 23.0 Å². The lowest BCUT2D eigenvalue weighted by Gasteiger charge is -2.35. The Labute approximate surface area is 137 Å². The number of aromatic nitrogens is 1. The molecule has 3 rings (SSSR count). The van der Waals surface area contributed by atoms with Gasteiger partial charge in [0, 0.05) is 26.0 Å². The fraction of sp³-hybridized carbons (Fsp3) is 0.368. The molecular formula is C19H23N3O. The summed E-state index contributed by atoms with van der Waals surface area (Å²) in [6.45, 7) is 0.584. The predicted octanol–water partition coefficient (Wildman–Crippen LogP) is 3.76. The molecule has 4 nitrogen and oxygen atoms in total. The number of carbonyl (C=O) groups excluding carboxylic acids is 1. The minimum absolute atomic E-state index is 0.0254. The number of benzene rings is 1. The van der Waals surface area contributed by atoms with E-state index in [1.807, 2.05) is 37.4 Å². The monoisotopic (exact) mass is 309 g/mol. The number of carbonyl (C=O) groups is 1. The summed E-state index contributed by atoms with van der Waals surface area (Å²) in [6.07, 6.45) is 7.14. The lowest BCUT2D eigenvalue weighted by molar-refractivity contribution is 0.182. The molecule has 1 aromatic carbocycles. The molecule has 0 spiro atoms. The quantitative estimate of drug-likeness (QED) is 0.914. The second-order valence-electron chi connectivity index (χ2n) is 6.24. The molecule has 1 unspecified atom stereocenters. The molecule has 1 aromatic heterocycles. The number of nitrogens with zero attached hydrogens (tertiary/aromatic N) is 2. The summed E-state index contributed by atoms with van der Waals surface area (Å²) in [5, 5.41) is 3.23. The zero-order valence-electron chi connectivity index (χ0n) is 13.5. The van der Waals surface area contributed by atoms with Gasteiger partial charge in [0.15, 0.2) is 0 Å². The Morgan fingerprint density at radius 3 is 2.52 bits per heavy atom. The third kappa shape index (κ3) is 3.89. The average Bonchev–Trinajstić information content (AvgIpc) is 2.54. The third-order valence-corrected chi connectivity index (χ3v) is 4.57. The van der Waals surface area contributed by atoms with Crippen LogP contribution in [0.5, 0.6) is 0 Å². The van der Waals surface area contributed by atoms with Crippen LogP contribution < -0.4 is 5.32 Å². The summed E-state index contributed by atoms with van der Waals surface area (Å²) >= 11 is 0. The topological polar surface area (TPSA) is 45.2 Å². The Kier molecular flexibility index (Phi) is 4.91. The van der Waals surface area contributed by atoms with Gasteiger partial charge in [0.2, 0.25) is 0 Å². The predicted molar refractivity (Wildman–Crippen MR) is 90.8 cm³/mol. The largest absolute Gasteiger partial charge is 0.331 e. The van der Waals surface area contributed by atoms with Crippen LogP contribution in [0.25, 0.3) is 0 Å². The van der Waals surface area contributed by atoms with Crippen molar-refractivity contribution in [1.82, 2.24) is 15.2 Å². The fourth-order valence-electron chi connectivity index (χ4n) is 2.98. The van der Waals surface area contributed by atoms with Crippen molar-refractivity contribution in [3.8, 4) is 0 Å². The highest BCUT2D eigenvalue weighted by Gasteiger charge is 2.30. The van der Waals surface area contributed by atoms with Gasteiger partial charge in [0.25, 0.3) is 0 Å². The van der Waals surface area contributed by atoms with Crippen LogP contribution in [-0.2, 0) is 6.54 Å². The molecule has 0 aliphatic heterocycles. The van der Waals surface area contributed by atoms with Crippen LogP contribution in [0.3, 0.4) is 0 Å². The van der Waals surface area contributed by atoms with Crippen LogP contribution in [0, 0.1) is 5.92 Å². The molecule has 2 amide bonds. The summed E-state index contributed by atoms with van der Waals surface area (Å²) in [6, 6.07) is 14.2. The first-order chi connectivity index (χ1) is 11.2. The SMILES string of the molecule is CN(Cc1ccncc1)C(=O)NC(c1ccccc1)C1CCC1. The zero-order valence-corrected chi connectivity index (χ0v) is 13.5. The van der Waals surface area contributed by atoms with E-state index in [0.29, 0.717) is 12.5 Å². The maximum absolute atomic E-state index is 12.6. The molecular weight excluding hydrogens is 286 g/mol. The summed E-state index contributed by atoms with van der Waals surface area (Å²) < 4.78 is 0. The summed E-state index contributed by atoms with van der Waals surface area (Å²) in [5.41, 5.74) is 2.28. The van der Waals surface area contributed by atoms with Crippen molar-refractivity contribution >= 4 is 6.03 Å². The number of hydrogen-bond acceptors (Lipinski definition) is 2. The molecule has 2 aromatic rings.